The van der Waals surface area contributed by atoms with Crippen molar-refractivity contribution in [1.29, 1.82) is 0 Å². The van der Waals surface area contributed by atoms with Gasteiger partial charge in [-0.2, -0.15) is 5.10 Å². The van der Waals surface area contributed by atoms with E-state index < -0.39 is 6.10 Å². The Kier molecular flexibility index (Phi) is 8.49. The number of aromatic nitrogens is 4. The standard InChI is InChI=1S/C30H39BrClN5O3/c1-7-8-20(38)14-39-21-9-10-24(32)23(11-21)28-33-25(26-19(5)27(31)35-36(26)6)18(4)29(34-28)37-15-30(16-37)12-22(13-30)40-17(2)3/h9-11,17,20,22,38H,7-8,12-16H2,1-6H3/t20-/m1/s1. The Hall–Kier alpha value is -2.20. The largest absolute Gasteiger partial charge is 0.491 e. The third kappa shape index (κ3) is 5.75. The van der Waals surface area contributed by atoms with Crippen molar-refractivity contribution in [3.63, 3.8) is 0 Å². The second-order valence-electron chi connectivity index (χ2n) is 11.7. The number of hydrogen-bond donors (Lipinski definition) is 1. The van der Waals surface area contributed by atoms with Crippen molar-refractivity contribution in [2.45, 2.75) is 78.6 Å². The molecule has 1 saturated carbocycles. The molecule has 40 heavy (non-hydrogen) atoms. The van der Waals surface area contributed by atoms with Gasteiger partial charge in [0.15, 0.2) is 5.82 Å². The van der Waals surface area contributed by atoms with E-state index in [1.54, 1.807) is 6.07 Å². The highest BCUT2D eigenvalue weighted by Crippen LogP contribution is 2.52. The van der Waals surface area contributed by atoms with Crippen LogP contribution in [0.5, 0.6) is 5.75 Å². The Morgan fingerprint density at radius 1 is 1.18 bits per heavy atom. The van der Waals surface area contributed by atoms with Gasteiger partial charge < -0.3 is 19.5 Å². The molecule has 1 spiro atoms. The number of aliphatic hydroxyl groups excluding tert-OH is 1. The Labute approximate surface area is 250 Å². The minimum Gasteiger partial charge on any atom is -0.491 e. The highest BCUT2D eigenvalue weighted by Gasteiger charge is 2.53. The molecule has 3 aromatic rings. The predicted octanol–water partition coefficient (Wildman–Crippen LogP) is 6.51. The first-order valence-electron chi connectivity index (χ1n) is 14.1. The van der Waals surface area contributed by atoms with Gasteiger partial charge in [0.25, 0.3) is 0 Å². The molecule has 216 valence electrons. The van der Waals surface area contributed by atoms with E-state index in [2.05, 4.69) is 46.7 Å². The van der Waals surface area contributed by atoms with Crippen LogP contribution in [0.3, 0.4) is 0 Å². The maximum Gasteiger partial charge on any atom is 0.163 e. The lowest BCUT2D eigenvalue weighted by Gasteiger charge is -2.59. The van der Waals surface area contributed by atoms with Gasteiger partial charge >= 0.3 is 0 Å². The first-order chi connectivity index (χ1) is 19.0. The van der Waals surface area contributed by atoms with Crippen LogP contribution in [-0.2, 0) is 11.8 Å². The molecule has 0 radical (unpaired) electrons. The van der Waals surface area contributed by atoms with Gasteiger partial charge in [-0.15, -0.1) is 0 Å². The van der Waals surface area contributed by atoms with Crippen molar-refractivity contribution < 1.29 is 14.6 Å². The van der Waals surface area contributed by atoms with E-state index in [1.807, 2.05) is 37.7 Å². The molecule has 0 unspecified atom stereocenters. The summed E-state index contributed by atoms with van der Waals surface area (Å²) in [6.07, 6.45) is 3.87. The maximum absolute atomic E-state index is 10.2. The van der Waals surface area contributed by atoms with E-state index in [-0.39, 0.29) is 12.7 Å². The molecule has 1 N–H and O–H groups in total. The van der Waals surface area contributed by atoms with Gasteiger partial charge in [0, 0.05) is 42.2 Å². The quantitative estimate of drug-likeness (QED) is 0.273. The molecule has 5 rings (SSSR count). The molecular formula is C30H39BrClN5O3. The number of anilines is 1. The fourth-order valence-corrected chi connectivity index (χ4v) is 6.65. The van der Waals surface area contributed by atoms with Crippen molar-refractivity contribution in [3.05, 3.63) is 39.0 Å². The molecule has 3 heterocycles. The van der Waals surface area contributed by atoms with Crippen LogP contribution in [0.25, 0.3) is 22.8 Å². The summed E-state index contributed by atoms with van der Waals surface area (Å²) in [6.45, 7) is 12.5. The summed E-state index contributed by atoms with van der Waals surface area (Å²) >= 11 is 10.3. The molecule has 0 amide bonds. The Morgan fingerprint density at radius 3 is 2.52 bits per heavy atom. The molecule has 2 aromatic heterocycles. The lowest BCUT2D eigenvalue weighted by molar-refractivity contribution is -0.114. The van der Waals surface area contributed by atoms with Crippen LogP contribution in [0.2, 0.25) is 5.02 Å². The molecule has 1 saturated heterocycles. The summed E-state index contributed by atoms with van der Waals surface area (Å²) in [6, 6.07) is 5.48. The first-order valence-corrected chi connectivity index (χ1v) is 15.3. The molecular weight excluding hydrogens is 594 g/mol. The highest BCUT2D eigenvalue weighted by atomic mass is 79.9. The average molecular weight is 633 g/mol. The highest BCUT2D eigenvalue weighted by molar-refractivity contribution is 9.10. The smallest absolute Gasteiger partial charge is 0.163 e. The van der Waals surface area contributed by atoms with Gasteiger partial charge in [0.1, 0.15) is 22.8 Å². The number of aliphatic hydroxyl groups is 1. The SMILES string of the molecule is CCC[C@@H](O)COc1ccc(Cl)c(-c2nc(-c3c(C)c(Br)nn3C)c(C)c(N3CC4(CC(OC(C)C)C4)C3)n2)c1. The predicted molar refractivity (Wildman–Crippen MR) is 162 cm³/mol. The second kappa shape index (κ2) is 11.6. The van der Waals surface area contributed by atoms with Crippen LogP contribution in [-0.4, -0.2) is 62.9 Å². The Morgan fingerprint density at radius 2 is 1.90 bits per heavy atom. The number of ether oxygens (including phenoxy) is 2. The zero-order valence-electron chi connectivity index (χ0n) is 24.2. The second-order valence-corrected chi connectivity index (χ2v) is 12.9. The molecule has 2 fully saturated rings. The number of aryl methyl sites for hydroxylation is 1. The number of hydrogen-bond acceptors (Lipinski definition) is 7. The molecule has 10 heteroatoms. The van der Waals surface area contributed by atoms with E-state index in [0.29, 0.717) is 40.1 Å². The van der Waals surface area contributed by atoms with E-state index in [4.69, 9.17) is 31.0 Å². The summed E-state index contributed by atoms with van der Waals surface area (Å²) in [7, 11) is 1.93. The average Bonchev–Trinajstić information content (AvgIpc) is 3.10. The van der Waals surface area contributed by atoms with Gasteiger partial charge in [0.2, 0.25) is 0 Å². The Balaban J connectivity index is 1.50. The minimum atomic E-state index is -0.514. The molecule has 1 atom stereocenters. The zero-order chi connectivity index (χ0) is 28.8. The number of nitrogens with zero attached hydrogens (tertiary/aromatic N) is 5. The van der Waals surface area contributed by atoms with E-state index in [1.165, 1.54) is 0 Å². The van der Waals surface area contributed by atoms with E-state index in [9.17, 15) is 5.11 Å². The van der Waals surface area contributed by atoms with E-state index >= 15 is 0 Å². The third-order valence-corrected chi connectivity index (χ3v) is 9.03. The summed E-state index contributed by atoms with van der Waals surface area (Å²) < 4.78 is 14.6. The first kappa shape index (κ1) is 29.3. The normalized spacial score (nSPS) is 17.3. The lowest BCUT2D eigenvalue weighted by Crippen LogP contribution is -2.64. The third-order valence-electron chi connectivity index (χ3n) is 7.95. The van der Waals surface area contributed by atoms with Gasteiger partial charge in [0.05, 0.1) is 34.7 Å². The van der Waals surface area contributed by atoms with Crippen molar-refractivity contribution in [2.75, 3.05) is 24.6 Å². The number of halogens is 2. The molecule has 0 bridgehead atoms. The van der Waals surface area contributed by atoms with Crippen molar-refractivity contribution in [2.24, 2.45) is 12.5 Å². The molecule has 1 aromatic carbocycles. The van der Waals surface area contributed by atoms with Gasteiger partial charge in [-0.3, -0.25) is 4.68 Å². The zero-order valence-corrected chi connectivity index (χ0v) is 26.5. The fourth-order valence-electron chi connectivity index (χ4n) is 6.02. The number of rotatable bonds is 10. The molecule has 2 aliphatic rings. The van der Waals surface area contributed by atoms with Crippen LogP contribution < -0.4 is 9.64 Å². The summed E-state index contributed by atoms with van der Waals surface area (Å²) in [5.74, 6) is 2.07. The van der Waals surface area contributed by atoms with Crippen LogP contribution in [0.4, 0.5) is 5.82 Å². The molecule has 1 aliphatic carbocycles. The molecule has 8 nitrogen and oxygen atoms in total. The number of benzene rings is 1. The fraction of sp³-hybridized carbons (Fsp3) is 0.567. The van der Waals surface area contributed by atoms with Crippen LogP contribution >= 0.6 is 27.5 Å². The van der Waals surface area contributed by atoms with Crippen LogP contribution in [0.15, 0.2) is 22.8 Å². The van der Waals surface area contributed by atoms with Crippen LogP contribution in [0.1, 0.15) is 57.6 Å². The maximum atomic E-state index is 10.2. The van der Waals surface area contributed by atoms with Crippen molar-refractivity contribution in [3.8, 4) is 28.5 Å². The monoisotopic (exact) mass is 631 g/mol. The minimum absolute atomic E-state index is 0.222. The Bertz CT molecular complexity index is 1380. The van der Waals surface area contributed by atoms with Crippen molar-refractivity contribution >= 4 is 33.3 Å². The molecule has 1 aliphatic heterocycles. The van der Waals surface area contributed by atoms with Gasteiger partial charge in [-0.05, 0) is 81.1 Å². The summed E-state index contributed by atoms with van der Waals surface area (Å²) in [5.41, 5.74) is 4.78. The van der Waals surface area contributed by atoms with Gasteiger partial charge in [-0.1, -0.05) is 24.9 Å². The topological polar surface area (TPSA) is 85.5 Å². The summed E-state index contributed by atoms with van der Waals surface area (Å²) in [5, 5.41) is 15.3. The lowest BCUT2D eigenvalue weighted by atomic mass is 9.61. The van der Waals surface area contributed by atoms with E-state index in [0.717, 1.165) is 65.3 Å². The summed E-state index contributed by atoms with van der Waals surface area (Å²) in [4.78, 5) is 12.5. The van der Waals surface area contributed by atoms with Gasteiger partial charge in [-0.25, -0.2) is 9.97 Å². The van der Waals surface area contributed by atoms with Crippen LogP contribution in [0, 0.1) is 19.3 Å². The van der Waals surface area contributed by atoms with Crippen molar-refractivity contribution in [1.82, 2.24) is 19.7 Å².